The Bertz CT molecular complexity index is 382. The number of carboxylic acid groups (broad SMARTS) is 1. The smallest absolute Gasteiger partial charge is 0.321 e. The van der Waals surface area contributed by atoms with Gasteiger partial charge in [0.2, 0.25) is 11.8 Å². The molecule has 1 unspecified atom stereocenters. The lowest BCUT2D eigenvalue weighted by Crippen LogP contribution is -2.52. The van der Waals surface area contributed by atoms with E-state index in [2.05, 4.69) is 0 Å². The minimum Gasteiger partial charge on any atom is -0.481 e. The van der Waals surface area contributed by atoms with Gasteiger partial charge >= 0.3 is 12.0 Å². The van der Waals surface area contributed by atoms with Crippen molar-refractivity contribution in [1.82, 2.24) is 9.80 Å². The third kappa shape index (κ3) is 6.03. The Kier molecular flexibility index (Phi) is 7.05. The standard InChI is InChI=1S/C11H20N4O5/c1-3-15(7(2)4-10(18)19)11(20)14(5-8(12)16)6-9(13)17/h7H,3-6H2,1-2H3,(H2,12,16)(H2,13,17)(H,18,19). The van der Waals surface area contributed by atoms with Crippen molar-refractivity contribution in [2.24, 2.45) is 11.5 Å². The molecule has 0 saturated heterocycles. The molecule has 0 rings (SSSR count). The van der Waals surface area contributed by atoms with E-state index in [1.54, 1.807) is 13.8 Å². The highest BCUT2D eigenvalue weighted by Crippen LogP contribution is 2.08. The Morgan fingerprint density at radius 1 is 1.10 bits per heavy atom. The van der Waals surface area contributed by atoms with E-state index < -0.39 is 42.9 Å². The van der Waals surface area contributed by atoms with Gasteiger partial charge < -0.3 is 26.4 Å². The molecule has 9 nitrogen and oxygen atoms in total. The van der Waals surface area contributed by atoms with Crippen molar-refractivity contribution in [2.75, 3.05) is 19.6 Å². The number of nitrogens with zero attached hydrogens (tertiary/aromatic N) is 2. The van der Waals surface area contributed by atoms with E-state index in [0.717, 1.165) is 4.90 Å². The molecule has 20 heavy (non-hydrogen) atoms. The molecule has 0 aliphatic rings. The number of nitrogens with two attached hydrogens (primary N) is 2. The fourth-order valence-electron chi connectivity index (χ4n) is 1.75. The van der Waals surface area contributed by atoms with Gasteiger partial charge in [-0.05, 0) is 13.8 Å². The molecule has 0 bridgehead atoms. The zero-order valence-corrected chi connectivity index (χ0v) is 11.5. The van der Waals surface area contributed by atoms with Crippen LogP contribution in [0.1, 0.15) is 20.3 Å². The van der Waals surface area contributed by atoms with Crippen LogP contribution in [-0.2, 0) is 14.4 Å². The molecule has 1 atom stereocenters. The second-order valence-corrected chi connectivity index (χ2v) is 4.30. The number of hydrogen-bond donors (Lipinski definition) is 3. The van der Waals surface area contributed by atoms with Gasteiger partial charge in [0.25, 0.3) is 0 Å². The monoisotopic (exact) mass is 288 g/mol. The molecular formula is C11H20N4O5. The number of primary amides is 2. The average Bonchev–Trinajstić information content (AvgIpc) is 2.26. The Labute approximate surface area is 116 Å². The number of carbonyl (C=O) groups is 4. The van der Waals surface area contributed by atoms with Gasteiger partial charge in [0, 0.05) is 12.6 Å². The topological polar surface area (TPSA) is 147 Å². The molecule has 0 spiro atoms. The minimum atomic E-state index is -1.06. The molecule has 0 aliphatic heterocycles. The lowest BCUT2D eigenvalue weighted by Gasteiger charge is -2.32. The van der Waals surface area contributed by atoms with Gasteiger partial charge in [-0.3, -0.25) is 14.4 Å². The molecule has 0 fully saturated rings. The summed E-state index contributed by atoms with van der Waals surface area (Å²) in [5.41, 5.74) is 10.0. The van der Waals surface area contributed by atoms with Crippen molar-refractivity contribution in [2.45, 2.75) is 26.3 Å². The zero-order chi connectivity index (χ0) is 15.9. The number of urea groups is 1. The van der Waals surface area contributed by atoms with E-state index >= 15 is 0 Å². The van der Waals surface area contributed by atoms with E-state index in [9.17, 15) is 19.2 Å². The van der Waals surface area contributed by atoms with Gasteiger partial charge in [-0.1, -0.05) is 0 Å². The Morgan fingerprint density at radius 3 is 1.85 bits per heavy atom. The summed E-state index contributed by atoms with van der Waals surface area (Å²) in [5, 5.41) is 8.74. The van der Waals surface area contributed by atoms with Gasteiger partial charge in [0.05, 0.1) is 6.42 Å². The van der Waals surface area contributed by atoms with Crippen LogP contribution < -0.4 is 11.5 Å². The second kappa shape index (κ2) is 7.97. The number of amides is 4. The first-order valence-electron chi connectivity index (χ1n) is 6.02. The van der Waals surface area contributed by atoms with E-state index in [-0.39, 0.29) is 13.0 Å². The fraction of sp³-hybridized carbons (Fsp3) is 0.636. The third-order valence-corrected chi connectivity index (χ3v) is 2.55. The Morgan fingerprint density at radius 2 is 1.55 bits per heavy atom. The predicted octanol–water partition coefficient (Wildman–Crippen LogP) is -1.44. The highest BCUT2D eigenvalue weighted by molar-refractivity contribution is 5.87. The van der Waals surface area contributed by atoms with Crippen molar-refractivity contribution >= 4 is 23.8 Å². The number of carbonyl (C=O) groups excluding carboxylic acids is 3. The largest absolute Gasteiger partial charge is 0.481 e. The quantitative estimate of drug-likeness (QED) is 0.500. The van der Waals surface area contributed by atoms with Crippen molar-refractivity contribution < 1.29 is 24.3 Å². The van der Waals surface area contributed by atoms with Crippen LogP contribution in [0.2, 0.25) is 0 Å². The van der Waals surface area contributed by atoms with Crippen molar-refractivity contribution in [3.05, 3.63) is 0 Å². The van der Waals surface area contributed by atoms with Crippen LogP contribution in [0, 0.1) is 0 Å². The molecule has 9 heteroatoms. The number of rotatable bonds is 8. The normalized spacial score (nSPS) is 11.5. The third-order valence-electron chi connectivity index (χ3n) is 2.55. The molecule has 114 valence electrons. The summed E-state index contributed by atoms with van der Waals surface area (Å²) < 4.78 is 0. The molecule has 0 aromatic heterocycles. The van der Waals surface area contributed by atoms with Gasteiger partial charge in [0.15, 0.2) is 0 Å². The van der Waals surface area contributed by atoms with E-state index in [0.29, 0.717) is 0 Å². The molecule has 0 aromatic carbocycles. The average molecular weight is 288 g/mol. The van der Waals surface area contributed by atoms with E-state index in [1.165, 1.54) is 4.90 Å². The van der Waals surface area contributed by atoms with Gasteiger partial charge in [-0.25, -0.2) is 4.79 Å². The summed E-state index contributed by atoms with van der Waals surface area (Å²) in [6.07, 6.45) is -0.249. The maximum Gasteiger partial charge on any atom is 0.321 e. The molecule has 0 aromatic rings. The second-order valence-electron chi connectivity index (χ2n) is 4.30. The van der Waals surface area contributed by atoms with Crippen molar-refractivity contribution in [3.8, 4) is 0 Å². The Balaban J connectivity index is 5.01. The summed E-state index contributed by atoms with van der Waals surface area (Å²) in [4.78, 5) is 46.9. The van der Waals surface area contributed by atoms with Crippen LogP contribution in [0.25, 0.3) is 0 Å². The maximum absolute atomic E-state index is 12.2. The first-order valence-corrected chi connectivity index (χ1v) is 6.02. The zero-order valence-electron chi connectivity index (χ0n) is 11.5. The van der Waals surface area contributed by atoms with Crippen LogP contribution in [0.3, 0.4) is 0 Å². The molecule has 5 N–H and O–H groups in total. The van der Waals surface area contributed by atoms with Gasteiger partial charge in [-0.15, -0.1) is 0 Å². The Hall–Kier alpha value is -2.32. The summed E-state index contributed by atoms with van der Waals surface area (Å²) in [6.45, 7) is 2.52. The van der Waals surface area contributed by atoms with Gasteiger partial charge in [0.1, 0.15) is 13.1 Å². The van der Waals surface area contributed by atoms with Crippen LogP contribution in [0.15, 0.2) is 0 Å². The van der Waals surface area contributed by atoms with Crippen LogP contribution >= 0.6 is 0 Å². The lowest BCUT2D eigenvalue weighted by atomic mass is 10.2. The minimum absolute atomic E-state index is 0.224. The van der Waals surface area contributed by atoms with Gasteiger partial charge in [-0.2, -0.15) is 0 Å². The summed E-state index contributed by atoms with van der Waals surface area (Å²) in [7, 11) is 0. The maximum atomic E-state index is 12.2. The highest BCUT2D eigenvalue weighted by atomic mass is 16.4. The molecular weight excluding hydrogens is 268 g/mol. The first-order chi connectivity index (χ1) is 9.18. The van der Waals surface area contributed by atoms with E-state index in [1.807, 2.05) is 0 Å². The summed E-state index contributed by atoms with van der Waals surface area (Å²) in [5.74, 6) is -2.64. The summed E-state index contributed by atoms with van der Waals surface area (Å²) >= 11 is 0. The van der Waals surface area contributed by atoms with Crippen molar-refractivity contribution in [1.29, 1.82) is 0 Å². The fourth-order valence-corrected chi connectivity index (χ4v) is 1.75. The van der Waals surface area contributed by atoms with Crippen LogP contribution in [0.5, 0.6) is 0 Å². The first kappa shape index (κ1) is 17.7. The van der Waals surface area contributed by atoms with Crippen LogP contribution in [0.4, 0.5) is 4.79 Å². The van der Waals surface area contributed by atoms with Crippen LogP contribution in [-0.4, -0.2) is 64.4 Å². The van der Waals surface area contributed by atoms with Crippen molar-refractivity contribution in [3.63, 3.8) is 0 Å². The van der Waals surface area contributed by atoms with E-state index in [4.69, 9.17) is 16.6 Å². The number of hydrogen-bond acceptors (Lipinski definition) is 4. The molecule has 0 aliphatic carbocycles. The highest BCUT2D eigenvalue weighted by Gasteiger charge is 2.27. The lowest BCUT2D eigenvalue weighted by molar-refractivity contribution is -0.138. The summed E-state index contributed by atoms with van der Waals surface area (Å²) in [6, 6.07) is -1.24. The molecule has 0 saturated carbocycles. The predicted molar refractivity (Wildman–Crippen MR) is 69.5 cm³/mol. The molecule has 4 amide bonds. The molecule has 0 heterocycles. The molecule has 0 radical (unpaired) electrons. The number of carboxylic acids is 1. The SMILES string of the molecule is CCN(C(=O)N(CC(N)=O)CC(N)=O)C(C)CC(=O)O. The number of aliphatic carboxylic acids is 1.